The molecule has 0 unspecified atom stereocenters. The van der Waals surface area contributed by atoms with E-state index in [1.165, 1.54) is 11.3 Å². The lowest BCUT2D eigenvalue weighted by Gasteiger charge is -2.30. The minimum Gasteiger partial charge on any atom is -0.266 e. The lowest BCUT2D eigenvalue weighted by Crippen LogP contribution is -2.35. The second-order valence-electron chi connectivity index (χ2n) is 5.08. The quantitative estimate of drug-likeness (QED) is 0.793. The highest BCUT2D eigenvalue weighted by atomic mass is 35.5. The molecule has 0 amide bonds. The standard InChI is InChI=1S/C15H16ClNO2S2/c1-11-15(9-13(10-16)20-11)21(18,19)17-8-4-6-12-5-2-3-7-14(12)17/h2-3,5,7,9H,4,6,8,10H2,1H3. The number of benzene rings is 1. The van der Waals surface area contributed by atoms with Crippen molar-refractivity contribution in [2.75, 3.05) is 10.8 Å². The average Bonchev–Trinajstić information content (AvgIpc) is 2.88. The molecule has 3 rings (SSSR count). The molecular formula is C15H16ClNO2S2. The van der Waals surface area contributed by atoms with Gasteiger partial charge in [0, 0.05) is 16.3 Å². The summed E-state index contributed by atoms with van der Waals surface area (Å²) in [6, 6.07) is 9.44. The minimum absolute atomic E-state index is 0.345. The summed E-state index contributed by atoms with van der Waals surface area (Å²) in [5.41, 5.74) is 1.90. The van der Waals surface area contributed by atoms with E-state index in [0.29, 0.717) is 17.3 Å². The van der Waals surface area contributed by atoms with E-state index in [-0.39, 0.29) is 0 Å². The Labute approximate surface area is 134 Å². The zero-order valence-electron chi connectivity index (χ0n) is 11.7. The molecule has 0 radical (unpaired) electrons. The molecular weight excluding hydrogens is 326 g/mol. The first-order chi connectivity index (χ1) is 10.0. The van der Waals surface area contributed by atoms with Crippen molar-refractivity contribution >= 4 is 38.6 Å². The molecule has 0 aliphatic carbocycles. The van der Waals surface area contributed by atoms with Gasteiger partial charge in [0.15, 0.2) is 0 Å². The average molecular weight is 342 g/mol. The largest absolute Gasteiger partial charge is 0.266 e. The van der Waals surface area contributed by atoms with Crippen LogP contribution in [0.15, 0.2) is 35.2 Å². The molecule has 6 heteroatoms. The highest BCUT2D eigenvalue weighted by Crippen LogP contribution is 2.35. The van der Waals surface area contributed by atoms with Crippen molar-refractivity contribution in [1.82, 2.24) is 0 Å². The van der Waals surface area contributed by atoms with E-state index in [1.54, 1.807) is 10.4 Å². The van der Waals surface area contributed by atoms with Gasteiger partial charge in [0.1, 0.15) is 4.90 Å². The summed E-state index contributed by atoms with van der Waals surface area (Å²) < 4.78 is 27.5. The minimum atomic E-state index is -3.51. The molecule has 0 fully saturated rings. The number of nitrogens with zero attached hydrogens (tertiary/aromatic N) is 1. The first-order valence-corrected chi connectivity index (χ1v) is 9.59. The third-order valence-electron chi connectivity index (χ3n) is 3.69. The topological polar surface area (TPSA) is 37.4 Å². The third kappa shape index (κ3) is 2.58. The molecule has 112 valence electrons. The van der Waals surface area contributed by atoms with Crippen molar-refractivity contribution in [1.29, 1.82) is 0 Å². The Kier molecular flexibility index (Phi) is 3.99. The zero-order valence-corrected chi connectivity index (χ0v) is 14.1. The van der Waals surface area contributed by atoms with Crippen LogP contribution in [-0.2, 0) is 22.3 Å². The van der Waals surface area contributed by atoms with Gasteiger partial charge in [0.05, 0.1) is 11.6 Å². The number of hydrogen-bond donors (Lipinski definition) is 0. The number of anilines is 1. The highest BCUT2D eigenvalue weighted by Gasteiger charge is 2.31. The molecule has 1 aliphatic rings. The maximum Gasteiger partial charge on any atom is 0.265 e. The van der Waals surface area contributed by atoms with E-state index in [4.69, 9.17) is 11.6 Å². The summed E-state index contributed by atoms with van der Waals surface area (Å²) in [7, 11) is -3.51. The normalized spacial score (nSPS) is 15.0. The second-order valence-corrected chi connectivity index (χ2v) is 8.52. The van der Waals surface area contributed by atoms with E-state index in [1.807, 2.05) is 31.2 Å². The Morgan fingerprint density at radius 1 is 1.33 bits per heavy atom. The van der Waals surface area contributed by atoms with Gasteiger partial charge in [0.2, 0.25) is 0 Å². The van der Waals surface area contributed by atoms with Crippen LogP contribution in [0.4, 0.5) is 5.69 Å². The Morgan fingerprint density at radius 2 is 2.10 bits per heavy atom. The van der Waals surface area contributed by atoms with Crippen LogP contribution in [0.1, 0.15) is 21.7 Å². The van der Waals surface area contributed by atoms with Crippen LogP contribution >= 0.6 is 22.9 Å². The molecule has 0 saturated carbocycles. The SMILES string of the molecule is Cc1sc(CCl)cc1S(=O)(=O)N1CCCc2ccccc21. The van der Waals surface area contributed by atoms with Gasteiger partial charge in [-0.15, -0.1) is 22.9 Å². The van der Waals surface area contributed by atoms with Crippen LogP contribution in [0, 0.1) is 6.92 Å². The molecule has 3 nitrogen and oxygen atoms in total. The van der Waals surface area contributed by atoms with E-state index in [9.17, 15) is 8.42 Å². The van der Waals surface area contributed by atoms with Crippen molar-refractivity contribution in [3.8, 4) is 0 Å². The van der Waals surface area contributed by atoms with Gasteiger partial charge in [0.25, 0.3) is 10.0 Å². The fourth-order valence-electron chi connectivity index (χ4n) is 2.71. The van der Waals surface area contributed by atoms with Crippen LogP contribution in [-0.4, -0.2) is 15.0 Å². The Balaban J connectivity index is 2.09. The number of fused-ring (bicyclic) bond motifs is 1. The Morgan fingerprint density at radius 3 is 2.81 bits per heavy atom. The van der Waals surface area contributed by atoms with Gasteiger partial charge in [-0.1, -0.05) is 18.2 Å². The number of para-hydroxylation sites is 1. The van der Waals surface area contributed by atoms with Gasteiger partial charge in [-0.25, -0.2) is 8.42 Å². The first kappa shape index (κ1) is 14.9. The smallest absolute Gasteiger partial charge is 0.265 e. The van der Waals surface area contributed by atoms with E-state index in [2.05, 4.69) is 0 Å². The van der Waals surface area contributed by atoms with Crippen LogP contribution < -0.4 is 4.31 Å². The van der Waals surface area contributed by atoms with Crippen LogP contribution in [0.25, 0.3) is 0 Å². The number of hydrogen-bond acceptors (Lipinski definition) is 3. The van der Waals surface area contributed by atoms with Crippen molar-refractivity contribution in [3.05, 3.63) is 45.6 Å². The fourth-order valence-corrected chi connectivity index (χ4v) is 5.95. The van der Waals surface area contributed by atoms with E-state index in [0.717, 1.165) is 33.8 Å². The third-order valence-corrected chi connectivity index (χ3v) is 7.26. The Bertz CT molecular complexity index is 768. The fraction of sp³-hybridized carbons (Fsp3) is 0.333. The summed E-state index contributed by atoms with van der Waals surface area (Å²) in [5, 5.41) is 0. The number of thiophene rings is 1. The number of rotatable bonds is 3. The predicted octanol–water partition coefficient (Wildman–Crippen LogP) is 3.94. The van der Waals surface area contributed by atoms with Crippen molar-refractivity contribution in [2.45, 2.75) is 30.5 Å². The van der Waals surface area contributed by atoms with Gasteiger partial charge in [-0.05, 0) is 37.5 Å². The van der Waals surface area contributed by atoms with E-state index < -0.39 is 10.0 Å². The first-order valence-electron chi connectivity index (χ1n) is 6.80. The molecule has 1 aromatic carbocycles. The second kappa shape index (κ2) is 5.63. The Hall–Kier alpha value is -1.04. The summed E-state index contributed by atoms with van der Waals surface area (Å²) >= 11 is 7.28. The molecule has 0 N–H and O–H groups in total. The van der Waals surface area contributed by atoms with Crippen LogP contribution in [0.3, 0.4) is 0 Å². The zero-order chi connectivity index (χ0) is 15.0. The van der Waals surface area contributed by atoms with Crippen LogP contribution in [0.5, 0.6) is 0 Å². The summed E-state index contributed by atoms with van der Waals surface area (Å²) in [6.45, 7) is 2.37. The summed E-state index contributed by atoms with van der Waals surface area (Å²) in [4.78, 5) is 2.08. The molecule has 21 heavy (non-hydrogen) atoms. The van der Waals surface area contributed by atoms with Gasteiger partial charge < -0.3 is 0 Å². The number of sulfonamides is 1. The summed E-state index contributed by atoms with van der Waals surface area (Å²) in [5.74, 6) is 0.345. The van der Waals surface area contributed by atoms with Crippen molar-refractivity contribution in [2.24, 2.45) is 0 Å². The number of halogens is 1. The van der Waals surface area contributed by atoms with E-state index >= 15 is 0 Å². The molecule has 1 aliphatic heterocycles. The molecule has 2 aromatic rings. The molecule has 1 aromatic heterocycles. The number of aryl methyl sites for hydroxylation is 2. The monoisotopic (exact) mass is 341 g/mol. The molecule has 2 heterocycles. The lowest BCUT2D eigenvalue weighted by molar-refractivity contribution is 0.586. The van der Waals surface area contributed by atoms with Crippen molar-refractivity contribution in [3.63, 3.8) is 0 Å². The lowest BCUT2D eigenvalue weighted by atomic mass is 10.0. The maximum absolute atomic E-state index is 13.0. The highest BCUT2D eigenvalue weighted by molar-refractivity contribution is 7.93. The predicted molar refractivity (Wildman–Crippen MR) is 87.9 cm³/mol. The molecule has 0 spiro atoms. The van der Waals surface area contributed by atoms with Gasteiger partial charge in [-0.3, -0.25) is 4.31 Å². The van der Waals surface area contributed by atoms with Crippen molar-refractivity contribution < 1.29 is 8.42 Å². The molecule has 0 bridgehead atoms. The summed E-state index contributed by atoms with van der Waals surface area (Å²) in [6.07, 6.45) is 1.78. The maximum atomic E-state index is 13.0. The number of alkyl halides is 1. The molecule has 0 atom stereocenters. The van der Waals surface area contributed by atoms with Crippen LogP contribution in [0.2, 0.25) is 0 Å². The molecule has 0 saturated heterocycles. The van der Waals surface area contributed by atoms with Gasteiger partial charge >= 0.3 is 0 Å². The van der Waals surface area contributed by atoms with Gasteiger partial charge in [-0.2, -0.15) is 0 Å².